The number of methoxy groups -OCH3 is 1. The number of carbonyl (C=O) groups is 1. The summed E-state index contributed by atoms with van der Waals surface area (Å²) in [4.78, 5) is 23.4. The van der Waals surface area contributed by atoms with Crippen molar-refractivity contribution in [3.05, 3.63) is 88.5 Å². The van der Waals surface area contributed by atoms with Gasteiger partial charge in [-0.3, -0.25) is 19.5 Å². The molecular formula is C24H21N5O4S. The number of carbonyl (C=O) groups excluding carboxylic acids is 1. The summed E-state index contributed by atoms with van der Waals surface area (Å²) in [6, 6.07) is 22.2. The highest BCUT2D eigenvalue weighted by Crippen LogP contribution is 2.33. The van der Waals surface area contributed by atoms with Gasteiger partial charge in [0.05, 0.1) is 17.8 Å². The first-order valence-corrected chi connectivity index (χ1v) is 11.3. The van der Waals surface area contributed by atoms with Crippen molar-refractivity contribution in [3.63, 3.8) is 0 Å². The first kappa shape index (κ1) is 23.0. The largest absolute Gasteiger partial charge is 0.490 e. The normalized spacial score (nSPS) is 10.6. The van der Waals surface area contributed by atoms with E-state index in [4.69, 9.17) is 4.74 Å². The van der Waals surface area contributed by atoms with E-state index in [-0.39, 0.29) is 23.1 Å². The molecule has 9 nitrogen and oxygen atoms in total. The third-order valence-electron chi connectivity index (χ3n) is 5.01. The maximum absolute atomic E-state index is 12.7. The summed E-state index contributed by atoms with van der Waals surface area (Å²) in [6.45, 7) is 1.69. The van der Waals surface area contributed by atoms with Crippen molar-refractivity contribution in [3.8, 4) is 22.8 Å². The molecule has 1 heterocycles. The molecule has 10 heteroatoms. The molecule has 0 radical (unpaired) electrons. The Labute approximate surface area is 199 Å². The van der Waals surface area contributed by atoms with Crippen LogP contribution in [-0.2, 0) is 4.79 Å². The van der Waals surface area contributed by atoms with E-state index < -0.39 is 4.92 Å². The number of hydrogen-bond donors (Lipinski definition) is 1. The minimum atomic E-state index is -0.520. The van der Waals surface area contributed by atoms with Gasteiger partial charge in [0, 0.05) is 29.1 Å². The van der Waals surface area contributed by atoms with Crippen LogP contribution in [0.3, 0.4) is 0 Å². The number of amides is 1. The van der Waals surface area contributed by atoms with E-state index >= 15 is 0 Å². The molecule has 4 aromatic rings. The topological polar surface area (TPSA) is 112 Å². The minimum absolute atomic E-state index is 0.0680. The van der Waals surface area contributed by atoms with Crippen LogP contribution in [0, 0.1) is 17.0 Å². The Bertz CT molecular complexity index is 1330. The molecule has 3 aromatic carbocycles. The number of nitrogens with zero attached hydrogens (tertiary/aromatic N) is 4. The Hall–Kier alpha value is -4.18. The zero-order valence-electron chi connectivity index (χ0n) is 18.5. The SMILES string of the molecule is COc1cc(NC(=O)CSc2nnc(-c3ccccc3)n2-c2ccccc2)c(C)cc1[N+](=O)[O-]. The third kappa shape index (κ3) is 4.91. The first-order valence-electron chi connectivity index (χ1n) is 10.3. The van der Waals surface area contributed by atoms with Gasteiger partial charge in [0.25, 0.3) is 0 Å². The number of aryl methyl sites for hydroxylation is 1. The molecule has 0 aliphatic rings. The number of rotatable bonds is 8. The molecular weight excluding hydrogens is 454 g/mol. The van der Waals surface area contributed by atoms with Gasteiger partial charge in [-0.05, 0) is 24.6 Å². The van der Waals surface area contributed by atoms with Crippen LogP contribution in [0.25, 0.3) is 17.1 Å². The number of nitrogens with one attached hydrogen (secondary N) is 1. The number of thioether (sulfide) groups is 1. The van der Waals surface area contributed by atoms with Crippen molar-refractivity contribution in [2.24, 2.45) is 0 Å². The van der Waals surface area contributed by atoms with Gasteiger partial charge in [-0.1, -0.05) is 60.3 Å². The number of nitro groups is 1. The van der Waals surface area contributed by atoms with Crippen LogP contribution in [0.15, 0.2) is 78.0 Å². The van der Waals surface area contributed by atoms with Crippen LogP contribution < -0.4 is 10.1 Å². The lowest BCUT2D eigenvalue weighted by Crippen LogP contribution is -2.15. The lowest BCUT2D eigenvalue weighted by atomic mass is 10.1. The van der Waals surface area contributed by atoms with Gasteiger partial charge < -0.3 is 10.1 Å². The highest BCUT2D eigenvalue weighted by molar-refractivity contribution is 7.99. The van der Waals surface area contributed by atoms with Crippen LogP contribution >= 0.6 is 11.8 Å². The van der Waals surface area contributed by atoms with E-state index in [1.165, 1.54) is 31.0 Å². The van der Waals surface area contributed by atoms with Gasteiger partial charge >= 0.3 is 5.69 Å². The summed E-state index contributed by atoms with van der Waals surface area (Å²) in [7, 11) is 1.35. The number of hydrogen-bond acceptors (Lipinski definition) is 7. The Morgan fingerprint density at radius 2 is 1.76 bits per heavy atom. The Kier molecular flexibility index (Phi) is 6.88. The first-order chi connectivity index (χ1) is 16.5. The predicted molar refractivity (Wildman–Crippen MR) is 131 cm³/mol. The zero-order valence-corrected chi connectivity index (χ0v) is 19.3. The van der Waals surface area contributed by atoms with E-state index in [0.717, 1.165) is 11.3 Å². The molecule has 0 atom stereocenters. The lowest BCUT2D eigenvalue weighted by Gasteiger charge is -2.12. The standard InChI is InChI=1S/C24H21N5O4S/c1-16-13-20(29(31)32)21(33-2)14-19(16)25-22(30)15-34-24-27-26-23(17-9-5-3-6-10-17)28(24)18-11-7-4-8-12-18/h3-14H,15H2,1-2H3,(H,25,30). The summed E-state index contributed by atoms with van der Waals surface area (Å²) in [5.74, 6) is 0.534. The average Bonchev–Trinajstić information content (AvgIpc) is 3.28. The Morgan fingerprint density at radius 1 is 1.09 bits per heavy atom. The minimum Gasteiger partial charge on any atom is -0.490 e. The number of anilines is 1. The highest BCUT2D eigenvalue weighted by Gasteiger charge is 2.20. The number of aromatic nitrogens is 3. The molecule has 4 rings (SSSR count). The second-order valence-electron chi connectivity index (χ2n) is 7.28. The molecule has 1 amide bonds. The van der Waals surface area contributed by atoms with Crippen molar-refractivity contribution in [1.29, 1.82) is 0 Å². The number of para-hydroxylation sites is 1. The summed E-state index contributed by atoms with van der Waals surface area (Å²) in [5, 5.41) is 23.3. The summed E-state index contributed by atoms with van der Waals surface area (Å²) in [5.41, 5.74) is 2.64. The third-order valence-corrected chi connectivity index (χ3v) is 5.94. The molecule has 34 heavy (non-hydrogen) atoms. The Morgan fingerprint density at radius 3 is 2.41 bits per heavy atom. The fraction of sp³-hybridized carbons (Fsp3) is 0.125. The smallest absolute Gasteiger partial charge is 0.311 e. The predicted octanol–water partition coefficient (Wildman–Crippen LogP) is 4.89. The number of ether oxygens (including phenoxy) is 1. The summed E-state index contributed by atoms with van der Waals surface area (Å²) in [6.07, 6.45) is 0. The fourth-order valence-corrected chi connectivity index (χ4v) is 4.13. The molecule has 0 aliphatic carbocycles. The molecule has 0 aliphatic heterocycles. The molecule has 0 saturated carbocycles. The van der Waals surface area contributed by atoms with E-state index in [9.17, 15) is 14.9 Å². The van der Waals surface area contributed by atoms with Crippen molar-refractivity contribution in [2.45, 2.75) is 12.1 Å². The fourth-order valence-electron chi connectivity index (χ4n) is 3.38. The van der Waals surface area contributed by atoms with Crippen molar-refractivity contribution >= 4 is 29.0 Å². The lowest BCUT2D eigenvalue weighted by molar-refractivity contribution is -0.385. The molecule has 1 aromatic heterocycles. The van der Waals surface area contributed by atoms with Crippen LogP contribution in [0.5, 0.6) is 5.75 Å². The Balaban J connectivity index is 1.56. The van der Waals surface area contributed by atoms with E-state index in [2.05, 4.69) is 15.5 Å². The van der Waals surface area contributed by atoms with E-state index in [1.54, 1.807) is 6.92 Å². The van der Waals surface area contributed by atoms with Crippen LogP contribution in [0.1, 0.15) is 5.56 Å². The zero-order chi connectivity index (χ0) is 24.1. The molecule has 172 valence electrons. The maximum atomic E-state index is 12.7. The second-order valence-corrected chi connectivity index (χ2v) is 8.22. The monoisotopic (exact) mass is 475 g/mol. The number of nitro benzene ring substituents is 1. The molecule has 0 bridgehead atoms. The average molecular weight is 476 g/mol. The van der Waals surface area contributed by atoms with Crippen LogP contribution in [-0.4, -0.2) is 38.5 Å². The van der Waals surface area contributed by atoms with Crippen molar-refractivity contribution in [2.75, 3.05) is 18.2 Å². The van der Waals surface area contributed by atoms with Gasteiger partial charge in [0.2, 0.25) is 5.91 Å². The summed E-state index contributed by atoms with van der Waals surface area (Å²) >= 11 is 1.25. The van der Waals surface area contributed by atoms with Crippen LogP contribution in [0.2, 0.25) is 0 Å². The maximum Gasteiger partial charge on any atom is 0.311 e. The number of benzene rings is 3. The molecule has 0 saturated heterocycles. The van der Waals surface area contributed by atoms with Gasteiger partial charge in [0.15, 0.2) is 16.7 Å². The van der Waals surface area contributed by atoms with Gasteiger partial charge in [-0.2, -0.15) is 0 Å². The molecule has 1 N–H and O–H groups in total. The molecule has 0 fully saturated rings. The highest BCUT2D eigenvalue weighted by atomic mass is 32.2. The van der Waals surface area contributed by atoms with Gasteiger partial charge in [-0.25, -0.2) is 0 Å². The van der Waals surface area contributed by atoms with Crippen molar-refractivity contribution in [1.82, 2.24) is 14.8 Å². The van der Waals surface area contributed by atoms with E-state index in [1.807, 2.05) is 65.2 Å². The molecule has 0 unspecified atom stereocenters. The molecule has 0 spiro atoms. The van der Waals surface area contributed by atoms with Crippen LogP contribution in [0.4, 0.5) is 11.4 Å². The summed E-state index contributed by atoms with van der Waals surface area (Å²) < 4.78 is 7.01. The van der Waals surface area contributed by atoms with Crippen molar-refractivity contribution < 1.29 is 14.5 Å². The van der Waals surface area contributed by atoms with Gasteiger partial charge in [-0.15, -0.1) is 10.2 Å². The van der Waals surface area contributed by atoms with E-state index in [0.29, 0.717) is 22.2 Å². The van der Waals surface area contributed by atoms with Gasteiger partial charge in [0.1, 0.15) is 0 Å². The second kappa shape index (κ2) is 10.2. The quantitative estimate of drug-likeness (QED) is 0.219.